The molecule has 6 aromatic rings. The van der Waals surface area contributed by atoms with Gasteiger partial charge in [-0.15, -0.1) is 17.8 Å². The molecule has 10 rings (SSSR count). The highest BCUT2D eigenvalue weighted by Crippen LogP contribution is 2.40. The number of hydrogen-bond acceptors (Lipinski definition) is 15. The molecule has 19 heteroatoms. The molecular weight excluding hydrogens is 1050 g/mol. The number of phenolic OH excluding ortho intramolecular Hbond substituents is 1. The maximum Gasteiger partial charge on any atom is 0.319 e. The molecule has 0 aliphatic carbocycles. The van der Waals surface area contributed by atoms with Gasteiger partial charge in [0.15, 0.2) is 5.82 Å². The maximum absolute atomic E-state index is 16.8. The van der Waals surface area contributed by atoms with Gasteiger partial charge in [-0.2, -0.15) is 9.97 Å². The number of aliphatic hydroxyl groups excluding tert-OH is 1. The van der Waals surface area contributed by atoms with Crippen LogP contribution in [0, 0.1) is 36.3 Å². The van der Waals surface area contributed by atoms with Gasteiger partial charge in [0.1, 0.15) is 41.5 Å². The molecule has 0 spiro atoms. The van der Waals surface area contributed by atoms with Gasteiger partial charge in [0.2, 0.25) is 12.3 Å². The summed E-state index contributed by atoms with van der Waals surface area (Å²) in [6.45, 7) is 20.8. The molecule has 6 atom stereocenters. The Hall–Kier alpha value is -6.95. The molecule has 432 valence electrons. The Kier molecular flexibility index (Phi) is 21.4. The first-order valence-electron chi connectivity index (χ1n) is 27.8. The Balaban J connectivity index is 0.000000224. The van der Waals surface area contributed by atoms with Crippen LogP contribution in [0.2, 0.25) is 0 Å². The Morgan fingerprint density at radius 1 is 1.05 bits per heavy atom. The fourth-order valence-corrected chi connectivity index (χ4v) is 11.9. The SMILES string of the molecule is C#Cc1c(F)ccc2cc(O)cc(-c3ncc4c(N5CC6CCC(C5)N6)nc(OCC5CC(=C)CN5CCCCC)nc4c3F)c12.CC(C)(C)C(C=O)NC=O.CO.Cc1ncsc1-c1ccc(C(C)NC(=O)C2CCCN2C)cc1. The van der Waals surface area contributed by atoms with Crippen molar-refractivity contribution in [2.24, 2.45) is 5.41 Å². The Morgan fingerprint density at radius 2 is 1.78 bits per heavy atom. The monoisotopic (exact) mass is 1130 g/mol. The maximum atomic E-state index is 16.8. The molecule has 4 aliphatic heterocycles. The number of likely N-dealkylation sites (tertiary alicyclic amines) is 2. The third-order valence-corrected chi connectivity index (χ3v) is 16.4. The number of halogens is 2. The Bertz CT molecular complexity index is 3190. The standard InChI is InChI=1S/C36H38F2N6O2.C18H23N3OS.C7H13NO2.CH4O/c1-4-6-7-12-43-17-21(3)13-25(43)20-46-36-41-34-29(35(42-36)44-18-23-9-10-24(19-44)40-23)16-39-33(32(34)38)28-15-26(45)14-22-8-11-30(37)27(5-2)31(22)28;1-12(20-18(22)16-5-4-10-21(16)3)14-6-8-15(9-7-14)17-13(2)19-11-23-17;1-7(2,3)6(4-9)8-5-10;1-2/h2,8,11,14-16,23-25,40,45H,3-4,6-7,9-10,12-13,17-20H2,1H3;6-9,11-12,16H,4-5,10H2,1-3H3,(H,20,22);4-6H,1-3H3,(H,8,10);2H,1H3. The zero-order chi connectivity index (χ0) is 58.5. The van der Waals surface area contributed by atoms with Gasteiger partial charge >= 0.3 is 6.01 Å². The second kappa shape index (κ2) is 28.2. The van der Waals surface area contributed by atoms with Crippen molar-refractivity contribution in [2.45, 2.75) is 129 Å². The van der Waals surface area contributed by atoms with Gasteiger partial charge in [-0.3, -0.25) is 24.4 Å². The van der Waals surface area contributed by atoms with Crippen molar-refractivity contribution in [3.63, 3.8) is 0 Å². The van der Waals surface area contributed by atoms with Crippen LogP contribution in [-0.4, -0.2) is 142 Å². The average Bonchev–Trinajstić information content (AvgIpc) is 4.36. The second-order valence-corrected chi connectivity index (χ2v) is 23.2. The molecule has 4 fully saturated rings. The number of aromatic hydroxyl groups is 1. The molecule has 2 amide bonds. The summed E-state index contributed by atoms with van der Waals surface area (Å²) in [5.74, 6) is 1.64. The number of carbonyl (C=O) groups excluding carboxylic acids is 3. The van der Waals surface area contributed by atoms with Gasteiger partial charge in [-0.05, 0) is 113 Å². The Labute approximate surface area is 478 Å². The number of hydrogen-bond donors (Lipinski definition) is 5. The molecule has 3 aromatic heterocycles. The summed E-state index contributed by atoms with van der Waals surface area (Å²) in [6, 6.07) is 14.5. The van der Waals surface area contributed by atoms with E-state index in [1.165, 1.54) is 46.7 Å². The van der Waals surface area contributed by atoms with Gasteiger partial charge < -0.3 is 40.6 Å². The smallest absolute Gasteiger partial charge is 0.319 e. The van der Waals surface area contributed by atoms with Crippen molar-refractivity contribution in [2.75, 3.05) is 58.4 Å². The number of benzene rings is 3. The number of thiazole rings is 1. The van der Waals surface area contributed by atoms with Crippen LogP contribution in [0.25, 0.3) is 43.4 Å². The number of carbonyl (C=O) groups is 3. The predicted molar refractivity (Wildman–Crippen MR) is 317 cm³/mol. The van der Waals surface area contributed by atoms with E-state index in [-0.39, 0.29) is 69.6 Å². The zero-order valence-corrected chi connectivity index (χ0v) is 48.7. The summed E-state index contributed by atoms with van der Waals surface area (Å²) in [6.07, 6.45) is 17.0. The summed E-state index contributed by atoms with van der Waals surface area (Å²) in [5.41, 5.74) is 6.33. The number of aliphatic hydroxyl groups is 1. The van der Waals surface area contributed by atoms with Gasteiger partial charge in [-0.1, -0.05) is 88.9 Å². The first-order valence-corrected chi connectivity index (χ1v) is 28.7. The van der Waals surface area contributed by atoms with Gasteiger partial charge in [-0.25, -0.2) is 13.8 Å². The van der Waals surface area contributed by atoms with E-state index in [1.54, 1.807) is 17.5 Å². The highest BCUT2D eigenvalue weighted by Gasteiger charge is 2.35. The molecule has 16 nitrogen and oxygen atoms in total. The van der Waals surface area contributed by atoms with E-state index in [1.807, 2.05) is 47.2 Å². The van der Waals surface area contributed by atoms with Crippen LogP contribution in [0.1, 0.15) is 109 Å². The topological polar surface area (TPSA) is 198 Å². The highest BCUT2D eigenvalue weighted by molar-refractivity contribution is 7.13. The lowest BCUT2D eigenvalue weighted by Gasteiger charge is -2.34. The summed E-state index contributed by atoms with van der Waals surface area (Å²) < 4.78 is 37.9. The van der Waals surface area contributed by atoms with E-state index in [0.717, 1.165) is 102 Å². The van der Waals surface area contributed by atoms with Crippen LogP contribution in [0.5, 0.6) is 11.8 Å². The van der Waals surface area contributed by atoms with E-state index < -0.39 is 11.6 Å². The number of unbranched alkanes of at least 4 members (excludes halogenated alkanes) is 2. The molecular formula is C62H78F2N10O6S. The van der Waals surface area contributed by atoms with Gasteiger partial charge in [0, 0.05) is 62.0 Å². The van der Waals surface area contributed by atoms with Gasteiger partial charge in [0.25, 0.3) is 0 Å². The number of nitrogens with one attached hydrogen (secondary N) is 3. The van der Waals surface area contributed by atoms with E-state index in [2.05, 4.69) is 89.3 Å². The zero-order valence-electron chi connectivity index (χ0n) is 47.9. The minimum Gasteiger partial charge on any atom is -0.508 e. The van der Waals surface area contributed by atoms with Crippen LogP contribution >= 0.6 is 11.3 Å². The molecule has 4 saturated heterocycles. The summed E-state index contributed by atoms with van der Waals surface area (Å²) in [7, 11) is 3.02. The predicted octanol–water partition coefficient (Wildman–Crippen LogP) is 9.29. The average molecular weight is 1130 g/mol. The first-order chi connectivity index (χ1) is 38.9. The number of phenols is 1. The summed E-state index contributed by atoms with van der Waals surface area (Å²) in [4.78, 5) is 58.8. The van der Waals surface area contributed by atoms with E-state index >= 15 is 4.39 Å². The van der Waals surface area contributed by atoms with E-state index in [4.69, 9.17) is 21.3 Å². The number of anilines is 1. The number of aryl methyl sites for hydroxylation is 1. The van der Waals surface area contributed by atoms with Crippen molar-refractivity contribution in [1.29, 1.82) is 0 Å². The minimum atomic E-state index is -0.723. The molecule has 7 heterocycles. The Morgan fingerprint density at radius 3 is 2.38 bits per heavy atom. The quantitative estimate of drug-likeness (QED) is 0.0266. The molecule has 0 saturated carbocycles. The van der Waals surface area contributed by atoms with Crippen LogP contribution in [-0.2, 0) is 14.4 Å². The number of nitrogens with zero attached hydrogens (tertiary/aromatic N) is 7. The second-order valence-electron chi connectivity index (χ2n) is 22.3. The fraction of sp³-hybridized carbons (Fsp3) is 0.468. The number of pyridine rings is 1. The number of terminal acetylenes is 1. The van der Waals surface area contributed by atoms with E-state index in [0.29, 0.717) is 47.1 Å². The molecule has 4 aliphatic rings. The third-order valence-electron chi connectivity index (χ3n) is 15.4. The number of likely N-dealkylation sites (N-methyl/N-ethyl adjacent to an activating group) is 1. The van der Waals surface area contributed by atoms with Crippen molar-refractivity contribution in [3.8, 4) is 45.8 Å². The van der Waals surface area contributed by atoms with Crippen molar-refractivity contribution in [1.82, 2.24) is 45.7 Å². The van der Waals surface area contributed by atoms with E-state index in [9.17, 15) is 23.9 Å². The molecule has 5 N–H and O–H groups in total. The number of rotatable bonds is 16. The number of piperazine rings is 1. The van der Waals surface area contributed by atoms with Crippen LogP contribution in [0.3, 0.4) is 0 Å². The van der Waals surface area contributed by atoms with Crippen molar-refractivity contribution < 1.29 is 38.1 Å². The largest absolute Gasteiger partial charge is 0.508 e. The lowest BCUT2D eigenvalue weighted by molar-refractivity contribution is -0.125. The van der Waals surface area contributed by atoms with Crippen molar-refractivity contribution in [3.05, 3.63) is 101 Å². The van der Waals surface area contributed by atoms with Crippen LogP contribution < -0.4 is 25.6 Å². The number of aromatic nitrogens is 4. The van der Waals surface area contributed by atoms with Crippen molar-refractivity contribution >= 4 is 57.4 Å². The molecule has 2 bridgehead atoms. The number of fused-ring (bicyclic) bond motifs is 4. The normalized spacial score (nSPS) is 19.5. The molecule has 3 aromatic carbocycles. The summed E-state index contributed by atoms with van der Waals surface area (Å²) >= 11 is 1.66. The lowest BCUT2D eigenvalue weighted by atomic mass is 9.88. The molecule has 0 radical (unpaired) electrons. The minimum absolute atomic E-state index is 0.0214. The first kappa shape index (κ1) is 61.7. The number of amides is 2. The summed E-state index contributed by atoms with van der Waals surface area (Å²) in [5, 5.41) is 28.0. The lowest BCUT2D eigenvalue weighted by Crippen LogP contribution is -2.51. The fourth-order valence-electron chi connectivity index (χ4n) is 11.0. The highest BCUT2D eigenvalue weighted by atomic mass is 32.1. The molecule has 6 unspecified atom stereocenters. The molecule has 81 heavy (non-hydrogen) atoms. The number of ether oxygens (including phenoxy) is 1. The van der Waals surface area contributed by atoms with Gasteiger partial charge in [0.05, 0.1) is 45.2 Å². The third kappa shape index (κ3) is 15.0. The van der Waals surface area contributed by atoms with Crippen LogP contribution in [0.15, 0.2) is 72.4 Å². The number of aldehydes is 1. The van der Waals surface area contributed by atoms with Crippen LogP contribution in [0.4, 0.5) is 14.6 Å².